The summed E-state index contributed by atoms with van der Waals surface area (Å²) in [5.41, 5.74) is 1.51. The third kappa shape index (κ3) is 3.98. The van der Waals surface area contributed by atoms with Gasteiger partial charge in [-0.2, -0.15) is 13.2 Å². The number of nitrogens with one attached hydrogen (secondary N) is 1. The second kappa shape index (κ2) is 6.18. The van der Waals surface area contributed by atoms with E-state index < -0.39 is 17.8 Å². The summed E-state index contributed by atoms with van der Waals surface area (Å²) >= 11 is 0. The highest BCUT2D eigenvalue weighted by Crippen LogP contribution is 2.31. The Balaban J connectivity index is 2.23. The molecule has 0 saturated heterocycles. The van der Waals surface area contributed by atoms with Gasteiger partial charge < -0.3 is 10.4 Å². The molecule has 5 heteroatoms. The molecular weight excluding hydrogens is 279 g/mol. The molecule has 112 valence electrons. The highest BCUT2D eigenvalue weighted by Gasteiger charge is 2.30. The zero-order chi connectivity index (χ0) is 15.5. The molecule has 0 spiro atoms. The number of halogens is 3. The van der Waals surface area contributed by atoms with Crippen LogP contribution in [-0.2, 0) is 6.18 Å². The minimum atomic E-state index is -4.39. The lowest BCUT2D eigenvalue weighted by atomic mass is 10.0. The monoisotopic (exact) mass is 295 g/mol. The van der Waals surface area contributed by atoms with Gasteiger partial charge in [-0.15, -0.1) is 0 Å². The molecular formula is C16H16F3NO. The molecule has 0 saturated carbocycles. The first-order valence-corrected chi connectivity index (χ1v) is 6.51. The van der Waals surface area contributed by atoms with Crippen molar-refractivity contribution in [2.24, 2.45) is 0 Å². The Kier molecular flexibility index (Phi) is 4.53. The van der Waals surface area contributed by atoms with E-state index in [0.29, 0.717) is 5.56 Å². The van der Waals surface area contributed by atoms with Gasteiger partial charge in [0.15, 0.2) is 0 Å². The van der Waals surface area contributed by atoms with Crippen LogP contribution >= 0.6 is 0 Å². The van der Waals surface area contributed by atoms with Gasteiger partial charge in [0.25, 0.3) is 0 Å². The van der Waals surface area contributed by atoms with Crippen LogP contribution in [0.25, 0.3) is 0 Å². The van der Waals surface area contributed by atoms with Crippen molar-refractivity contribution >= 4 is 5.69 Å². The molecule has 2 aromatic rings. The molecule has 0 bridgehead atoms. The van der Waals surface area contributed by atoms with E-state index in [4.69, 9.17) is 0 Å². The molecule has 0 heterocycles. The molecule has 0 radical (unpaired) electrons. The van der Waals surface area contributed by atoms with Crippen LogP contribution in [0, 0.1) is 6.92 Å². The van der Waals surface area contributed by atoms with E-state index in [1.807, 2.05) is 31.2 Å². The highest BCUT2D eigenvalue weighted by molar-refractivity contribution is 5.47. The maximum absolute atomic E-state index is 12.7. The Bertz CT molecular complexity index is 593. The maximum atomic E-state index is 12.7. The van der Waals surface area contributed by atoms with Crippen LogP contribution in [0.5, 0.6) is 0 Å². The van der Waals surface area contributed by atoms with Gasteiger partial charge >= 0.3 is 6.18 Å². The van der Waals surface area contributed by atoms with Crippen molar-refractivity contribution in [1.29, 1.82) is 0 Å². The smallest absolute Gasteiger partial charge is 0.394 e. The minimum absolute atomic E-state index is 0.296. The van der Waals surface area contributed by atoms with E-state index in [9.17, 15) is 18.3 Å². The van der Waals surface area contributed by atoms with Crippen LogP contribution in [-0.4, -0.2) is 11.7 Å². The molecule has 0 aliphatic rings. The lowest BCUT2D eigenvalue weighted by Crippen LogP contribution is -2.16. The number of hydrogen-bond acceptors (Lipinski definition) is 2. The SMILES string of the molecule is Cc1ccc(NC(CO)c2cccc(C(F)(F)F)c2)cc1. The lowest BCUT2D eigenvalue weighted by Gasteiger charge is -2.19. The molecule has 21 heavy (non-hydrogen) atoms. The average Bonchev–Trinajstić information content (AvgIpc) is 2.46. The van der Waals surface area contributed by atoms with Crippen LogP contribution in [0.1, 0.15) is 22.7 Å². The Morgan fingerprint density at radius 1 is 1.10 bits per heavy atom. The Morgan fingerprint density at radius 3 is 2.33 bits per heavy atom. The Hall–Kier alpha value is -2.01. The fourth-order valence-corrected chi connectivity index (χ4v) is 2.02. The van der Waals surface area contributed by atoms with E-state index in [2.05, 4.69) is 5.32 Å². The molecule has 0 aliphatic heterocycles. The van der Waals surface area contributed by atoms with Crippen molar-refractivity contribution in [1.82, 2.24) is 0 Å². The summed E-state index contributed by atoms with van der Waals surface area (Å²) in [4.78, 5) is 0. The van der Waals surface area contributed by atoms with Gasteiger partial charge in [-0.25, -0.2) is 0 Å². The summed E-state index contributed by atoms with van der Waals surface area (Å²) in [6.45, 7) is 1.65. The summed E-state index contributed by atoms with van der Waals surface area (Å²) < 4.78 is 38.2. The van der Waals surface area contributed by atoms with Crippen LogP contribution in [0.2, 0.25) is 0 Å². The molecule has 2 rings (SSSR count). The number of aryl methyl sites for hydroxylation is 1. The molecule has 1 unspecified atom stereocenters. The van der Waals surface area contributed by atoms with Gasteiger partial charge in [-0.05, 0) is 36.8 Å². The van der Waals surface area contributed by atoms with Crippen molar-refractivity contribution in [3.05, 3.63) is 65.2 Å². The fourth-order valence-electron chi connectivity index (χ4n) is 2.02. The normalized spacial score (nSPS) is 13.0. The number of rotatable bonds is 4. The summed E-state index contributed by atoms with van der Waals surface area (Å²) in [6.07, 6.45) is -4.39. The van der Waals surface area contributed by atoms with E-state index in [0.717, 1.165) is 23.4 Å². The van der Waals surface area contributed by atoms with Crippen molar-refractivity contribution in [2.75, 3.05) is 11.9 Å². The molecule has 0 aromatic heterocycles. The first kappa shape index (κ1) is 15.4. The van der Waals surface area contributed by atoms with E-state index in [1.54, 1.807) is 6.07 Å². The van der Waals surface area contributed by atoms with Crippen molar-refractivity contribution < 1.29 is 18.3 Å². The topological polar surface area (TPSA) is 32.3 Å². The second-order valence-electron chi connectivity index (χ2n) is 4.87. The predicted molar refractivity (Wildman–Crippen MR) is 76.1 cm³/mol. The number of alkyl halides is 3. The van der Waals surface area contributed by atoms with Gasteiger partial charge in [-0.1, -0.05) is 29.8 Å². The highest BCUT2D eigenvalue weighted by atomic mass is 19.4. The van der Waals surface area contributed by atoms with Gasteiger partial charge in [-0.3, -0.25) is 0 Å². The van der Waals surface area contributed by atoms with Crippen molar-refractivity contribution in [3.8, 4) is 0 Å². The zero-order valence-electron chi connectivity index (χ0n) is 11.5. The van der Waals surface area contributed by atoms with Crippen molar-refractivity contribution in [2.45, 2.75) is 19.1 Å². The molecule has 0 fully saturated rings. The Labute approximate surface area is 121 Å². The first-order valence-electron chi connectivity index (χ1n) is 6.51. The number of aliphatic hydroxyl groups is 1. The van der Waals surface area contributed by atoms with E-state index >= 15 is 0 Å². The zero-order valence-corrected chi connectivity index (χ0v) is 11.5. The number of benzene rings is 2. The third-order valence-corrected chi connectivity index (χ3v) is 3.19. The van der Waals surface area contributed by atoms with Crippen LogP contribution in [0.4, 0.5) is 18.9 Å². The fraction of sp³-hybridized carbons (Fsp3) is 0.250. The van der Waals surface area contributed by atoms with Gasteiger partial charge in [0.05, 0.1) is 18.2 Å². The van der Waals surface area contributed by atoms with Crippen LogP contribution in [0.3, 0.4) is 0 Å². The summed E-state index contributed by atoms with van der Waals surface area (Å²) in [7, 11) is 0. The molecule has 0 aliphatic carbocycles. The number of anilines is 1. The Morgan fingerprint density at radius 2 is 1.76 bits per heavy atom. The molecule has 0 amide bonds. The summed E-state index contributed by atoms with van der Waals surface area (Å²) in [5, 5.41) is 12.5. The summed E-state index contributed by atoms with van der Waals surface area (Å²) in [5.74, 6) is 0. The molecule has 2 aromatic carbocycles. The standard InChI is InChI=1S/C16H16F3NO/c1-11-5-7-14(8-6-11)20-15(10-21)12-3-2-4-13(9-12)16(17,18)19/h2-9,15,20-21H,10H2,1H3. The second-order valence-corrected chi connectivity index (χ2v) is 4.87. The van der Waals surface area contributed by atoms with E-state index in [-0.39, 0.29) is 6.61 Å². The molecule has 1 atom stereocenters. The van der Waals surface area contributed by atoms with Crippen LogP contribution in [0.15, 0.2) is 48.5 Å². The van der Waals surface area contributed by atoms with Crippen LogP contribution < -0.4 is 5.32 Å². The number of aliphatic hydroxyl groups excluding tert-OH is 1. The van der Waals surface area contributed by atoms with Crippen molar-refractivity contribution in [3.63, 3.8) is 0 Å². The van der Waals surface area contributed by atoms with Gasteiger partial charge in [0.2, 0.25) is 0 Å². The minimum Gasteiger partial charge on any atom is -0.394 e. The lowest BCUT2D eigenvalue weighted by molar-refractivity contribution is -0.137. The number of hydrogen-bond donors (Lipinski definition) is 2. The molecule has 2 nitrogen and oxygen atoms in total. The van der Waals surface area contributed by atoms with Gasteiger partial charge in [0, 0.05) is 5.69 Å². The molecule has 2 N–H and O–H groups in total. The largest absolute Gasteiger partial charge is 0.416 e. The average molecular weight is 295 g/mol. The maximum Gasteiger partial charge on any atom is 0.416 e. The predicted octanol–water partition coefficient (Wildman–Crippen LogP) is 4.16. The quantitative estimate of drug-likeness (QED) is 0.887. The third-order valence-electron chi connectivity index (χ3n) is 3.19. The summed E-state index contributed by atoms with van der Waals surface area (Å²) in [6, 6.07) is 11.8. The van der Waals surface area contributed by atoms with E-state index in [1.165, 1.54) is 6.07 Å². The van der Waals surface area contributed by atoms with Gasteiger partial charge in [0.1, 0.15) is 0 Å². The first-order chi connectivity index (χ1) is 9.90.